The molecular formula is C27H26ClN7O4. The number of hydrogen-bond acceptors (Lipinski definition) is 10. The average molecular weight is 548 g/mol. The molecule has 0 unspecified atom stereocenters. The largest absolute Gasteiger partial charge is 0.422 e. The van der Waals surface area contributed by atoms with Crippen molar-refractivity contribution in [2.24, 2.45) is 0 Å². The molecule has 5 aromatic rings. The van der Waals surface area contributed by atoms with Crippen LogP contribution in [0.4, 0.5) is 5.82 Å². The van der Waals surface area contributed by atoms with Gasteiger partial charge >= 0.3 is 0 Å². The molecule has 3 aromatic heterocycles. The van der Waals surface area contributed by atoms with Gasteiger partial charge in [-0.3, -0.25) is 4.57 Å². The van der Waals surface area contributed by atoms with Gasteiger partial charge in [-0.25, -0.2) is 4.98 Å². The van der Waals surface area contributed by atoms with Crippen molar-refractivity contribution in [3.63, 3.8) is 0 Å². The van der Waals surface area contributed by atoms with Gasteiger partial charge < -0.3 is 24.7 Å². The first-order valence-corrected chi connectivity index (χ1v) is 13.0. The Morgan fingerprint density at radius 2 is 1.67 bits per heavy atom. The first-order chi connectivity index (χ1) is 19.0. The van der Waals surface area contributed by atoms with E-state index in [0.717, 1.165) is 11.1 Å². The zero-order valence-electron chi connectivity index (χ0n) is 20.9. The van der Waals surface area contributed by atoms with E-state index >= 15 is 0 Å². The third-order valence-corrected chi connectivity index (χ3v) is 6.98. The summed E-state index contributed by atoms with van der Waals surface area (Å²) in [4.78, 5) is 13.2. The number of hydrogen-bond donors (Lipinski definition) is 3. The van der Waals surface area contributed by atoms with Crippen LogP contribution in [0, 0.1) is 0 Å². The Balaban J connectivity index is 1.30. The number of benzene rings is 2. The number of fused-ring (bicyclic) bond motifs is 1. The number of aliphatic hydroxyl groups excluding tert-OH is 2. The van der Waals surface area contributed by atoms with Crippen molar-refractivity contribution in [2.75, 3.05) is 11.9 Å². The van der Waals surface area contributed by atoms with E-state index in [2.05, 4.69) is 54.7 Å². The molecule has 12 heteroatoms. The summed E-state index contributed by atoms with van der Waals surface area (Å²) in [6, 6.07) is 20.4. The Morgan fingerprint density at radius 3 is 2.31 bits per heavy atom. The summed E-state index contributed by atoms with van der Waals surface area (Å²) in [6.45, 7) is 2.39. The summed E-state index contributed by atoms with van der Waals surface area (Å²) in [7, 11) is 0. The van der Waals surface area contributed by atoms with Crippen LogP contribution in [0.15, 0.2) is 71.4 Å². The van der Waals surface area contributed by atoms with Crippen molar-refractivity contribution in [3.05, 3.63) is 95.2 Å². The lowest BCUT2D eigenvalue weighted by molar-refractivity contribution is -0.0439. The Kier molecular flexibility index (Phi) is 6.96. The molecule has 6 rings (SSSR count). The number of rotatable bonds is 8. The molecule has 0 amide bonds. The van der Waals surface area contributed by atoms with Crippen molar-refractivity contribution in [1.82, 2.24) is 29.7 Å². The minimum atomic E-state index is -1.31. The molecule has 1 saturated heterocycles. The molecule has 0 spiro atoms. The second-order valence-electron chi connectivity index (χ2n) is 9.24. The molecular weight excluding hydrogens is 522 g/mol. The Hall–Kier alpha value is -3.90. The maximum atomic E-state index is 10.8. The molecule has 4 heterocycles. The summed E-state index contributed by atoms with van der Waals surface area (Å²) >= 11 is 6.33. The lowest BCUT2D eigenvalue weighted by atomic mass is 9.91. The van der Waals surface area contributed by atoms with Crippen LogP contribution < -0.4 is 5.32 Å². The summed E-state index contributed by atoms with van der Waals surface area (Å²) in [5.74, 6) is 0.978. The van der Waals surface area contributed by atoms with Gasteiger partial charge in [-0.1, -0.05) is 67.6 Å². The van der Waals surface area contributed by atoms with Crippen LogP contribution in [0.1, 0.15) is 48.1 Å². The van der Waals surface area contributed by atoms with Crippen LogP contribution in [0.5, 0.6) is 0 Å². The van der Waals surface area contributed by atoms with Crippen molar-refractivity contribution >= 4 is 28.6 Å². The molecule has 0 bridgehead atoms. The van der Waals surface area contributed by atoms with Gasteiger partial charge in [-0.05, 0) is 22.7 Å². The first-order valence-electron chi connectivity index (χ1n) is 12.6. The summed E-state index contributed by atoms with van der Waals surface area (Å²) in [5, 5.41) is 32.8. The Bertz CT molecular complexity index is 1520. The minimum Gasteiger partial charge on any atom is -0.422 e. The monoisotopic (exact) mass is 547 g/mol. The maximum absolute atomic E-state index is 10.8. The normalized spacial score (nSPS) is 21.2. The van der Waals surface area contributed by atoms with E-state index in [1.807, 2.05) is 43.3 Å². The predicted octanol–water partition coefficient (Wildman–Crippen LogP) is 3.66. The Labute approximate surface area is 228 Å². The minimum absolute atomic E-state index is 0.00297. The summed E-state index contributed by atoms with van der Waals surface area (Å²) in [5.41, 5.74) is 3.07. The fourth-order valence-corrected chi connectivity index (χ4v) is 4.98. The SMILES string of the molecule is CCc1nnc([C@H]2O[C@@H](n3cnc4c(NCC(c5ccccc5)c5ccccc5)nc(Cl)nc43)[C@H](O)[C@@H]2O)o1. The lowest BCUT2D eigenvalue weighted by Crippen LogP contribution is -2.29. The zero-order valence-corrected chi connectivity index (χ0v) is 21.7. The van der Waals surface area contributed by atoms with Gasteiger partial charge in [0.1, 0.15) is 12.2 Å². The van der Waals surface area contributed by atoms with Gasteiger partial charge in [0.05, 0.1) is 6.33 Å². The van der Waals surface area contributed by atoms with Crippen molar-refractivity contribution in [1.29, 1.82) is 0 Å². The topological polar surface area (TPSA) is 144 Å². The van der Waals surface area contributed by atoms with Crippen molar-refractivity contribution in [3.8, 4) is 0 Å². The highest BCUT2D eigenvalue weighted by atomic mass is 35.5. The molecule has 1 aliphatic heterocycles. The standard InChI is InChI=1S/C27H26ClN7O4/c1-2-18-33-34-25(38-18)22-20(36)21(37)26(39-22)35-14-30-19-23(31-27(28)32-24(19)35)29-13-17(15-9-5-3-6-10-15)16-11-7-4-8-12-16/h3-12,14,17,20-22,26,36-37H,2,13H2,1H3,(H,29,31,32)/t20-,21+,22-,26+/m0/s1. The molecule has 0 saturated carbocycles. The van der Waals surface area contributed by atoms with E-state index in [9.17, 15) is 10.2 Å². The van der Waals surface area contributed by atoms with Crippen molar-refractivity contribution < 1.29 is 19.4 Å². The van der Waals surface area contributed by atoms with Crippen LogP contribution in [0.3, 0.4) is 0 Å². The molecule has 4 atom stereocenters. The van der Waals surface area contributed by atoms with E-state index in [1.165, 1.54) is 10.9 Å². The van der Waals surface area contributed by atoms with Gasteiger partial charge in [-0.2, -0.15) is 9.97 Å². The van der Waals surface area contributed by atoms with Gasteiger partial charge in [0, 0.05) is 18.9 Å². The number of imidazole rings is 1. The molecule has 200 valence electrons. The average Bonchev–Trinajstić information content (AvgIpc) is 3.68. The third-order valence-electron chi connectivity index (χ3n) is 6.81. The van der Waals surface area contributed by atoms with E-state index in [0.29, 0.717) is 35.8 Å². The first kappa shape index (κ1) is 25.4. The van der Waals surface area contributed by atoms with Crippen LogP contribution in [0.25, 0.3) is 11.2 Å². The second kappa shape index (κ2) is 10.7. The zero-order chi connectivity index (χ0) is 26.9. The number of aromatic nitrogens is 6. The van der Waals surface area contributed by atoms with Crippen LogP contribution in [-0.4, -0.2) is 58.7 Å². The molecule has 2 aromatic carbocycles. The highest BCUT2D eigenvalue weighted by Gasteiger charge is 2.47. The van der Waals surface area contributed by atoms with E-state index < -0.39 is 24.5 Å². The molecule has 0 aliphatic carbocycles. The molecule has 1 aliphatic rings. The number of ether oxygens (including phenoxy) is 1. The quantitative estimate of drug-likeness (QED) is 0.246. The van der Waals surface area contributed by atoms with E-state index in [-0.39, 0.29) is 17.1 Å². The second-order valence-corrected chi connectivity index (χ2v) is 9.57. The molecule has 11 nitrogen and oxygen atoms in total. The Morgan fingerprint density at radius 1 is 0.974 bits per heavy atom. The van der Waals surface area contributed by atoms with E-state index in [4.69, 9.17) is 20.8 Å². The maximum Gasteiger partial charge on any atom is 0.248 e. The van der Waals surface area contributed by atoms with Gasteiger partial charge in [-0.15, -0.1) is 10.2 Å². The predicted molar refractivity (Wildman–Crippen MR) is 142 cm³/mol. The number of aryl methyl sites for hydroxylation is 1. The van der Waals surface area contributed by atoms with Crippen LogP contribution >= 0.6 is 11.6 Å². The van der Waals surface area contributed by atoms with Crippen LogP contribution in [0.2, 0.25) is 5.28 Å². The molecule has 0 radical (unpaired) electrons. The molecule has 3 N–H and O–H groups in total. The van der Waals surface area contributed by atoms with Gasteiger partial charge in [0.2, 0.25) is 17.1 Å². The number of nitrogens with zero attached hydrogens (tertiary/aromatic N) is 6. The number of anilines is 1. The number of nitrogens with one attached hydrogen (secondary N) is 1. The summed E-state index contributed by atoms with van der Waals surface area (Å²) in [6.07, 6.45) is -2.63. The highest BCUT2D eigenvalue weighted by molar-refractivity contribution is 6.28. The van der Waals surface area contributed by atoms with Gasteiger partial charge in [0.15, 0.2) is 29.3 Å². The fourth-order valence-electron chi connectivity index (χ4n) is 4.81. The van der Waals surface area contributed by atoms with E-state index in [1.54, 1.807) is 0 Å². The van der Waals surface area contributed by atoms with Gasteiger partial charge in [0.25, 0.3) is 0 Å². The highest BCUT2D eigenvalue weighted by Crippen LogP contribution is 2.40. The molecule has 1 fully saturated rings. The number of aliphatic hydroxyl groups is 2. The lowest BCUT2D eigenvalue weighted by Gasteiger charge is -2.19. The van der Waals surface area contributed by atoms with Crippen molar-refractivity contribution in [2.45, 2.75) is 43.8 Å². The summed E-state index contributed by atoms with van der Waals surface area (Å²) < 4.78 is 13.1. The smallest absolute Gasteiger partial charge is 0.248 e. The third kappa shape index (κ3) is 4.85. The number of halogens is 1. The molecule has 39 heavy (non-hydrogen) atoms. The van der Waals surface area contributed by atoms with Crippen LogP contribution in [-0.2, 0) is 11.2 Å². The fraction of sp³-hybridized carbons (Fsp3) is 0.296.